The predicted octanol–water partition coefficient (Wildman–Crippen LogP) is 8.14. The molecule has 10 heteroatoms. The summed E-state index contributed by atoms with van der Waals surface area (Å²) in [6.07, 6.45) is 0.435. The van der Waals surface area contributed by atoms with Gasteiger partial charge in [0, 0.05) is 25.2 Å². The molecule has 0 fully saturated rings. The number of unbranched alkanes of at least 4 members (excludes halogenated alkanes) is 1. The average molecular weight is 813 g/mol. The Labute approximate surface area is 353 Å². The van der Waals surface area contributed by atoms with Gasteiger partial charge in [-0.05, 0) is 72.5 Å². The van der Waals surface area contributed by atoms with Crippen molar-refractivity contribution in [2.24, 2.45) is 0 Å². The van der Waals surface area contributed by atoms with E-state index in [2.05, 4.69) is 10.6 Å². The maximum Gasteiger partial charge on any atom is 0.165 e. The normalized spacial score (nSPS) is 12.0. The fourth-order valence-electron chi connectivity index (χ4n) is 6.10. The van der Waals surface area contributed by atoms with Crippen LogP contribution < -0.4 is 39.1 Å². The fraction of sp³-hybridized carbons (Fsp3) is 0.280. The van der Waals surface area contributed by atoms with Crippen molar-refractivity contribution in [3.05, 3.63) is 180 Å². The quantitative estimate of drug-likeness (QED) is 0.0380. The van der Waals surface area contributed by atoms with E-state index in [1.165, 1.54) is 0 Å². The third-order valence-corrected chi connectivity index (χ3v) is 9.38. The first-order valence-corrected chi connectivity index (χ1v) is 20.6. The SMILES string of the molecule is OC(CNCCCCNCC(O)COc1ccc(OCc2ccccc2)c(OCc2ccccc2)c1)COc1ccc(OCc2ccccc2)c(OCc2ccccc2)c1. The molecule has 60 heavy (non-hydrogen) atoms. The minimum absolute atomic E-state index is 0.130. The summed E-state index contributed by atoms with van der Waals surface area (Å²) in [4.78, 5) is 0. The second-order valence-corrected chi connectivity index (χ2v) is 14.4. The van der Waals surface area contributed by atoms with Crippen LogP contribution in [0.25, 0.3) is 0 Å². The molecule has 6 aromatic rings. The molecular formula is C50H56N2O8. The Morgan fingerprint density at radius 3 is 1.02 bits per heavy atom. The van der Waals surface area contributed by atoms with Gasteiger partial charge in [0.25, 0.3) is 0 Å². The van der Waals surface area contributed by atoms with Crippen molar-refractivity contribution in [1.82, 2.24) is 10.6 Å². The van der Waals surface area contributed by atoms with Crippen LogP contribution in [0.4, 0.5) is 0 Å². The van der Waals surface area contributed by atoms with Crippen LogP contribution in [0.2, 0.25) is 0 Å². The topological polar surface area (TPSA) is 120 Å². The fourth-order valence-corrected chi connectivity index (χ4v) is 6.10. The van der Waals surface area contributed by atoms with E-state index >= 15 is 0 Å². The highest BCUT2D eigenvalue weighted by Crippen LogP contribution is 2.34. The Balaban J connectivity index is 0.852. The number of ether oxygens (including phenoxy) is 6. The molecule has 0 amide bonds. The number of nitrogens with one attached hydrogen (secondary N) is 2. The summed E-state index contributed by atoms with van der Waals surface area (Å²) in [7, 11) is 0. The van der Waals surface area contributed by atoms with E-state index in [1.807, 2.05) is 146 Å². The first-order valence-electron chi connectivity index (χ1n) is 20.6. The minimum Gasteiger partial charge on any atom is -0.491 e. The molecule has 6 aromatic carbocycles. The third-order valence-electron chi connectivity index (χ3n) is 9.38. The van der Waals surface area contributed by atoms with Crippen molar-refractivity contribution in [2.75, 3.05) is 39.4 Å². The van der Waals surface area contributed by atoms with Crippen molar-refractivity contribution in [1.29, 1.82) is 0 Å². The second-order valence-electron chi connectivity index (χ2n) is 14.4. The van der Waals surface area contributed by atoms with Crippen molar-refractivity contribution >= 4 is 0 Å². The first-order chi connectivity index (χ1) is 29.6. The molecule has 4 N–H and O–H groups in total. The zero-order valence-electron chi connectivity index (χ0n) is 34.0. The van der Waals surface area contributed by atoms with Gasteiger partial charge in [-0.15, -0.1) is 0 Å². The van der Waals surface area contributed by atoms with Crippen LogP contribution in [0, 0.1) is 0 Å². The van der Waals surface area contributed by atoms with Crippen LogP contribution in [-0.2, 0) is 26.4 Å². The van der Waals surface area contributed by atoms with Crippen LogP contribution in [0.1, 0.15) is 35.1 Å². The van der Waals surface area contributed by atoms with E-state index in [-0.39, 0.29) is 13.2 Å². The highest BCUT2D eigenvalue weighted by Gasteiger charge is 2.13. The lowest BCUT2D eigenvalue weighted by molar-refractivity contribution is 0.105. The van der Waals surface area contributed by atoms with Gasteiger partial charge in [-0.1, -0.05) is 121 Å². The lowest BCUT2D eigenvalue weighted by Crippen LogP contribution is -2.33. The monoisotopic (exact) mass is 812 g/mol. The molecule has 0 spiro atoms. The van der Waals surface area contributed by atoms with Gasteiger partial charge in [-0.25, -0.2) is 0 Å². The molecule has 2 unspecified atom stereocenters. The maximum absolute atomic E-state index is 10.6. The van der Waals surface area contributed by atoms with E-state index in [1.54, 1.807) is 12.1 Å². The lowest BCUT2D eigenvalue weighted by Gasteiger charge is -2.17. The van der Waals surface area contributed by atoms with Gasteiger partial charge in [-0.2, -0.15) is 0 Å². The Bertz CT molecular complexity index is 1920. The van der Waals surface area contributed by atoms with Crippen LogP contribution >= 0.6 is 0 Å². The van der Waals surface area contributed by atoms with Crippen molar-refractivity contribution < 1.29 is 38.6 Å². The molecule has 0 aliphatic heterocycles. The third kappa shape index (κ3) is 15.6. The zero-order valence-corrected chi connectivity index (χ0v) is 34.0. The molecule has 0 aromatic heterocycles. The van der Waals surface area contributed by atoms with E-state index < -0.39 is 12.2 Å². The van der Waals surface area contributed by atoms with Gasteiger partial charge in [0.1, 0.15) is 63.3 Å². The molecule has 0 radical (unpaired) electrons. The van der Waals surface area contributed by atoms with Crippen LogP contribution in [-0.4, -0.2) is 61.8 Å². The summed E-state index contributed by atoms with van der Waals surface area (Å²) >= 11 is 0. The summed E-state index contributed by atoms with van der Waals surface area (Å²) in [6.45, 7) is 4.15. The second kappa shape index (κ2) is 24.8. The van der Waals surface area contributed by atoms with E-state index in [4.69, 9.17) is 28.4 Å². The molecule has 0 saturated heterocycles. The van der Waals surface area contributed by atoms with Crippen molar-refractivity contribution in [2.45, 2.75) is 51.5 Å². The van der Waals surface area contributed by atoms with Gasteiger partial charge in [0.05, 0.1) is 0 Å². The van der Waals surface area contributed by atoms with Crippen LogP contribution in [0.5, 0.6) is 34.5 Å². The van der Waals surface area contributed by atoms with E-state index in [0.29, 0.717) is 74.0 Å². The summed E-state index contributed by atoms with van der Waals surface area (Å²) < 4.78 is 36.4. The number of benzene rings is 6. The molecule has 2 atom stereocenters. The number of hydrogen-bond donors (Lipinski definition) is 4. The number of rotatable bonds is 27. The number of aliphatic hydroxyl groups excluding tert-OH is 2. The van der Waals surface area contributed by atoms with E-state index in [0.717, 1.165) is 48.2 Å². The van der Waals surface area contributed by atoms with Gasteiger partial charge < -0.3 is 49.3 Å². The average Bonchev–Trinajstić information content (AvgIpc) is 3.30. The molecule has 0 bridgehead atoms. The van der Waals surface area contributed by atoms with Gasteiger partial charge in [-0.3, -0.25) is 0 Å². The lowest BCUT2D eigenvalue weighted by atomic mass is 10.2. The number of hydrogen-bond acceptors (Lipinski definition) is 10. The Morgan fingerprint density at radius 1 is 0.367 bits per heavy atom. The maximum atomic E-state index is 10.6. The highest BCUT2D eigenvalue weighted by molar-refractivity contribution is 5.47. The molecule has 0 aliphatic carbocycles. The van der Waals surface area contributed by atoms with Gasteiger partial charge in [0.2, 0.25) is 0 Å². The summed E-state index contributed by atoms with van der Waals surface area (Å²) in [5.74, 6) is 3.55. The molecule has 6 rings (SSSR count). The Kier molecular flexibility index (Phi) is 18.0. The zero-order chi connectivity index (χ0) is 41.5. The van der Waals surface area contributed by atoms with Crippen LogP contribution in [0.15, 0.2) is 158 Å². The van der Waals surface area contributed by atoms with E-state index in [9.17, 15) is 10.2 Å². The summed E-state index contributed by atoms with van der Waals surface area (Å²) in [6, 6.07) is 50.8. The van der Waals surface area contributed by atoms with Crippen molar-refractivity contribution in [3.8, 4) is 34.5 Å². The van der Waals surface area contributed by atoms with Crippen LogP contribution in [0.3, 0.4) is 0 Å². The molecule has 0 heterocycles. The predicted molar refractivity (Wildman–Crippen MR) is 234 cm³/mol. The standard InChI is InChI=1S/C50H56N2O8/c53-43(37-55-45-23-25-47(57-33-39-15-5-1-6-16-39)49(29-45)59-35-41-19-9-3-10-20-41)31-51-27-13-14-28-52-32-44(54)38-56-46-24-26-48(58-34-40-17-7-2-8-18-40)50(30-46)60-36-42-21-11-4-12-22-42/h1-12,15-26,29-30,43-44,51-54H,13-14,27-28,31-38H2. The largest absolute Gasteiger partial charge is 0.491 e. The molecule has 314 valence electrons. The van der Waals surface area contributed by atoms with Gasteiger partial charge >= 0.3 is 0 Å². The molecule has 10 nitrogen and oxygen atoms in total. The first kappa shape index (κ1) is 43.5. The summed E-state index contributed by atoms with van der Waals surface area (Å²) in [5, 5.41) is 27.8. The number of aliphatic hydroxyl groups is 2. The molecule has 0 saturated carbocycles. The highest BCUT2D eigenvalue weighted by atomic mass is 16.5. The van der Waals surface area contributed by atoms with Crippen molar-refractivity contribution in [3.63, 3.8) is 0 Å². The summed E-state index contributed by atoms with van der Waals surface area (Å²) in [5.41, 5.74) is 4.20. The molecular weight excluding hydrogens is 757 g/mol. The molecule has 0 aliphatic rings. The Morgan fingerprint density at radius 2 is 0.683 bits per heavy atom. The smallest absolute Gasteiger partial charge is 0.165 e. The van der Waals surface area contributed by atoms with Gasteiger partial charge in [0.15, 0.2) is 23.0 Å². The Hall–Kier alpha value is -6.04. The minimum atomic E-state index is -0.689.